The summed E-state index contributed by atoms with van der Waals surface area (Å²) in [5, 5.41) is 0. The molecule has 2 aromatic rings. The van der Waals surface area contributed by atoms with E-state index in [1.165, 1.54) is 35.2 Å². The third-order valence-corrected chi connectivity index (χ3v) is 4.25. The first kappa shape index (κ1) is 18.5. The number of carbonyl (C=O) groups is 3. The summed E-state index contributed by atoms with van der Waals surface area (Å²) in [6.45, 7) is -0.0601. The number of hydrogen-bond donors (Lipinski definition) is 1. The molecule has 1 unspecified atom stereocenters. The van der Waals surface area contributed by atoms with Crippen LogP contribution in [0.5, 0.6) is 5.75 Å². The van der Waals surface area contributed by atoms with Crippen molar-refractivity contribution in [2.24, 2.45) is 11.7 Å². The van der Waals surface area contributed by atoms with Crippen LogP contribution in [-0.4, -0.2) is 24.1 Å². The first-order valence-electron chi connectivity index (χ1n) is 8.16. The molecule has 1 atom stereocenters. The van der Waals surface area contributed by atoms with Crippen molar-refractivity contribution in [3.63, 3.8) is 0 Å². The van der Waals surface area contributed by atoms with Crippen molar-refractivity contribution in [3.05, 3.63) is 59.7 Å². The van der Waals surface area contributed by atoms with E-state index in [1.807, 2.05) is 0 Å². The zero-order valence-electron chi connectivity index (χ0n) is 14.2. The average molecular weight is 374 g/mol. The van der Waals surface area contributed by atoms with Gasteiger partial charge in [0.15, 0.2) is 11.6 Å². The minimum Gasteiger partial charge on any atom is -0.486 e. The molecule has 0 saturated carbocycles. The van der Waals surface area contributed by atoms with Gasteiger partial charge in [0.05, 0.1) is 5.92 Å². The molecule has 2 amide bonds. The van der Waals surface area contributed by atoms with Crippen LogP contribution in [0.3, 0.4) is 0 Å². The maximum atomic E-state index is 14.3. The Labute approximate surface area is 153 Å². The Morgan fingerprint density at radius 2 is 1.96 bits per heavy atom. The number of amides is 2. The van der Waals surface area contributed by atoms with E-state index in [0.717, 1.165) is 6.07 Å². The molecule has 0 spiro atoms. The van der Waals surface area contributed by atoms with Crippen LogP contribution < -0.4 is 15.4 Å². The Morgan fingerprint density at radius 1 is 1.19 bits per heavy atom. The molecule has 27 heavy (non-hydrogen) atoms. The summed E-state index contributed by atoms with van der Waals surface area (Å²) in [5.41, 5.74) is 5.75. The molecule has 1 aliphatic heterocycles. The topological polar surface area (TPSA) is 89.7 Å². The molecule has 0 aromatic heterocycles. The summed E-state index contributed by atoms with van der Waals surface area (Å²) in [4.78, 5) is 36.0. The summed E-state index contributed by atoms with van der Waals surface area (Å²) < 4.78 is 32.8. The highest BCUT2D eigenvalue weighted by Gasteiger charge is 2.37. The molecule has 1 saturated heterocycles. The van der Waals surface area contributed by atoms with E-state index in [2.05, 4.69) is 0 Å². The van der Waals surface area contributed by atoms with E-state index in [1.54, 1.807) is 6.07 Å². The molecule has 140 valence electrons. The lowest BCUT2D eigenvalue weighted by molar-refractivity contribution is -0.138. The van der Waals surface area contributed by atoms with Crippen LogP contribution in [0.2, 0.25) is 0 Å². The average Bonchev–Trinajstić information content (AvgIpc) is 3.01. The van der Waals surface area contributed by atoms with Gasteiger partial charge in [0.25, 0.3) is 5.91 Å². The maximum Gasteiger partial charge on any atom is 0.285 e. The van der Waals surface area contributed by atoms with Crippen molar-refractivity contribution in [2.75, 3.05) is 11.4 Å². The van der Waals surface area contributed by atoms with Crippen molar-refractivity contribution in [1.29, 1.82) is 0 Å². The van der Waals surface area contributed by atoms with Gasteiger partial charge < -0.3 is 15.4 Å². The van der Waals surface area contributed by atoms with Gasteiger partial charge in [-0.05, 0) is 29.8 Å². The fourth-order valence-electron chi connectivity index (χ4n) is 2.90. The van der Waals surface area contributed by atoms with E-state index < -0.39 is 35.1 Å². The number of ether oxygens (including phenoxy) is 1. The monoisotopic (exact) mass is 374 g/mol. The first-order chi connectivity index (χ1) is 12.8. The highest BCUT2D eigenvalue weighted by Crippen LogP contribution is 2.29. The normalized spacial score (nSPS) is 16.4. The van der Waals surface area contributed by atoms with Crippen molar-refractivity contribution < 1.29 is 27.9 Å². The SMILES string of the molecule is NC(=O)C(=O)C1CC(=O)N(c2ccc(OCc3cccc(F)c3)c(F)c2)C1. The van der Waals surface area contributed by atoms with Gasteiger partial charge >= 0.3 is 0 Å². The highest BCUT2D eigenvalue weighted by molar-refractivity contribution is 6.37. The molecule has 6 nitrogen and oxygen atoms in total. The zero-order chi connectivity index (χ0) is 19.6. The van der Waals surface area contributed by atoms with Crippen LogP contribution in [-0.2, 0) is 21.0 Å². The van der Waals surface area contributed by atoms with E-state index in [-0.39, 0.29) is 31.0 Å². The fourth-order valence-corrected chi connectivity index (χ4v) is 2.90. The number of primary amides is 1. The second-order valence-electron chi connectivity index (χ2n) is 6.17. The second-order valence-corrected chi connectivity index (χ2v) is 6.17. The summed E-state index contributed by atoms with van der Waals surface area (Å²) in [6, 6.07) is 9.67. The molecule has 1 aliphatic rings. The standard InChI is InChI=1S/C19H16F2N2O4/c20-13-3-1-2-11(6-13)10-27-16-5-4-14(8-15(16)21)23-9-12(7-17(23)24)18(25)19(22)26/h1-6,8,12H,7,9-10H2,(H2,22,26). The van der Waals surface area contributed by atoms with Gasteiger partial charge in [0.2, 0.25) is 11.7 Å². The lowest BCUT2D eigenvalue weighted by Crippen LogP contribution is -2.32. The van der Waals surface area contributed by atoms with Crippen LogP contribution in [0.15, 0.2) is 42.5 Å². The number of rotatable bonds is 6. The Bertz CT molecular complexity index is 916. The van der Waals surface area contributed by atoms with Gasteiger partial charge in [-0.15, -0.1) is 0 Å². The van der Waals surface area contributed by atoms with Gasteiger partial charge in [-0.3, -0.25) is 14.4 Å². The van der Waals surface area contributed by atoms with Gasteiger partial charge in [-0.25, -0.2) is 8.78 Å². The van der Waals surface area contributed by atoms with Crippen molar-refractivity contribution >= 4 is 23.3 Å². The Kier molecular flexibility index (Phi) is 5.16. The predicted octanol–water partition coefficient (Wildman–Crippen LogP) is 1.95. The van der Waals surface area contributed by atoms with Crippen LogP contribution in [0.4, 0.5) is 14.5 Å². The number of nitrogens with two attached hydrogens (primary N) is 1. The van der Waals surface area contributed by atoms with Crippen molar-refractivity contribution in [3.8, 4) is 5.75 Å². The molecule has 0 aliphatic carbocycles. The van der Waals surface area contributed by atoms with Crippen molar-refractivity contribution in [1.82, 2.24) is 0 Å². The third kappa shape index (κ3) is 4.11. The molecule has 8 heteroatoms. The van der Waals surface area contributed by atoms with Crippen LogP contribution in [0.1, 0.15) is 12.0 Å². The summed E-state index contributed by atoms with van der Waals surface area (Å²) >= 11 is 0. The quantitative estimate of drug-likeness (QED) is 0.783. The zero-order valence-corrected chi connectivity index (χ0v) is 14.2. The number of Topliss-reactive ketones (excluding diaryl/α,β-unsaturated/α-hetero) is 1. The third-order valence-electron chi connectivity index (χ3n) is 4.25. The number of ketones is 1. The lowest BCUT2D eigenvalue weighted by atomic mass is 10.0. The van der Waals surface area contributed by atoms with Gasteiger partial charge in [-0.2, -0.15) is 0 Å². The van der Waals surface area contributed by atoms with E-state index in [9.17, 15) is 23.2 Å². The van der Waals surface area contributed by atoms with Crippen LogP contribution in [0, 0.1) is 17.6 Å². The van der Waals surface area contributed by atoms with Crippen LogP contribution in [0.25, 0.3) is 0 Å². The van der Waals surface area contributed by atoms with Gasteiger partial charge in [-0.1, -0.05) is 12.1 Å². The number of anilines is 1. The van der Waals surface area contributed by atoms with Gasteiger partial charge in [0.1, 0.15) is 12.4 Å². The maximum absolute atomic E-state index is 14.3. The fraction of sp³-hybridized carbons (Fsp3) is 0.211. The first-order valence-corrected chi connectivity index (χ1v) is 8.16. The molecular weight excluding hydrogens is 358 g/mol. The molecule has 3 rings (SSSR count). The minimum atomic E-state index is -1.10. The molecule has 2 aromatic carbocycles. The van der Waals surface area contributed by atoms with Gasteiger partial charge in [0, 0.05) is 24.7 Å². The van der Waals surface area contributed by atoms with Crippen LogP contribution >= 0.6 is 0 Å². The number of halogens is 2. The molecule has 2 N–H and O–H groups in total. The molecule has 0 radical (unpaired) electrons. The Hall–Kier alpha value is -3.29. The Morgan fingerprint density at radius 3 is 2.63 bits per heavy atom. The van der Waals surface area contributed by atoms with E-state index >= 15 is 0 Å². The highest BCUT2D eigenvalue weighted by atomic mass is 19.1. The smallest absolute Gasteiger partial charge is 0.285 e. The molecular formula is C19H16F2N2O4. The minimum absolute atomic E-state index is 0.0220. The summed E-state index contributed by atoms with van der Waals surface area (Å²) in [6.07, 6.45) is -0.152. The number of benzene rings is 2. The van der Waals surface area contributed by atoms with E-state index in [4.69, 9.17) is 10.5 Å². The Balaban J connectivity index is 1.70. The summed E-state index contributed by atoms with van der Waals surface area (Å²) in [5.74, 6) is -4.33. The van der Waals surface area contributed by atoms with Crippen molar-refractivity contribution in [2.45, 2.75) is 13.0 Å². The largest absolute Gasteiger partial charge is 0.486 e. The summed E-state index contributed by atoms with van der Waals surface area (Å²) in [7, 11) is 0. The molecule has 1 heterocycles. The van der Waals surface area contributed by atoms with E-state index in [0.29, 0.717) is 5.56 Å². The number of carbonyl (C=O) groups excluding carboxylic acids is 3. The molecule has 0 bridgehead atoms. The number of hydrogen-bond acceptors (Lipinski definition) is 4. The number of nitrogens with zero attached hydrogens (tertiary/aromatic N) is 1. The lowest BCUT2D eigenvalue weighted by Gasteiger charge is -2.17. The second kappa shape index (κ2) is 7.53. The predicted molar refractivity (Wildman–Crippen MR) is 91.8 cm³/mol. The molecule has 1 fully saturated rings.